The van der Waals surface area contributed by atoms with Crippen LogP contribution in [-0.2, 0) is 4.79 Å². The van der Waals surface area contributed by atoms with Crippen molar-refractivity contribution in [3.8, 4) is 5.75 Å². The number of benzene rings is 1. The van der Waals surface area contributed by atoms with Crippen LogP contribution in [0.15, 0.2) is 51.5 Å². The summed E-state index contributed by atoms with van der Waals surface area (Å²) in [6.07, 6.45) is 1.42. The summed E-state index contributed by atoms with van der Waals surface area (Å²) in [5, 5.41) is 6.56. The highest BCUT2D eigenvalue weighted by Crippen LogP contribution is 2.31. The number of ether oxygens (including phenoxy) is 1. The van der Waals surface area contributed by atoms with Crippen LogP contribution >= 0.6 is 0 Å². The summed E-state index contributed by atoms with van der Waals surface area (Å²) in [6.45, 7) is 8.02. The Labute approximate surface area is 169 Å². The Bertz CT molecular complexity index is 974. The average Bonchev–Trinajstić information content (AvgIpc) is 3.36. The predicted molar refractivity (Wildman–Crippen MR) is 109 cm³/mol. The van der Waals surface area contributed by atoms with Crippen LogP contribution in [0.25, 0.3) is 11.0 Å². The fourth-order valence-electron chi connectivity index (χ4n) is 3.07. The lowest BCUT2D eigenvalue weighted by atomic mass is 10.0. The average molecular weight is 398 g/mol. The normalized spacial score (nSPS) is 13.3. The molecule has 2 aromatic heterocycles. The Morgan fingerprint density at radius 3 is 2.55 bits per heavy atom. The molecule has 7 nitrogen and oxygen atoms in total. The molecule has 1 aromatic carbocycles. The highest BCUT2D eigenvalue weighted by molar-refractivity contribution is 5.95. The van der Waals surface area contributed by atoms with Crippen molar-refractivity contribution in [2.24, 2.45) is 5.92 Å². The van der Waals surface area contributed by atoms with Crippen LogP contribution < -0.4 is 15.4 Å². The van der Waals surface area contributed by atoms with Gasteiger partial charge in [-0.3, -0.25) is 9.59 Å². The lowest BCUT2D eigenvalue weighted by Crippen LogP contribution is -2.50. The van der Waals surface area contributed by atoms with Crippen molar-refractivity contribution in [3.63, 3.8) is 0 Å². The van der Waals surface area contributed by atoms with Crippen LogP contribution in [0.5, 0.6) is 5.75 Å². The van der Waals surface area contributed by atoms with Gasteiger partial charge in [0.15, 0.2) is 17.1 Å². The van der Waals surface area contributed by atoms with Crippen LogP contribution in [0.4, 0.5) is 0 Å². The van der Waals surface area contributed by atoms with E-state index in [0.717, 1.165) is 5.39 Å². The Morgan fingerprint density at radius 1 is 1.10 bits per heavy atom. The molecule has 2 heterocycles. The largest absolute Gasteiger partial charge is 0.490 e. The SMILES string of the molecule is CCOc1cccc2cc(C(C)NC(=O)[C@@H](NC(=O)c3ccco3)C(C)C)oc12. The smallest absolute Gasteiger partial charge is 0.287 e. The van der Waals surface area contributed by atoms with Gasteiger partial charge in [-0.2, -0.15) is 0 Å². The number of hydrogen-bond donors (Lipinski definition) is 2. The van der Waals surface area contributed by atoms with Crippen molar-refractivity contribution in [1.29, 1.82) is 0 Å². The minimum absolute atomic E-state index is 0.110. The van der Waals surface area contributed by atoms with Gasteiger partial charge < -0.3 is 24.2 Å². The first-order valence-corrected chi connectivity index (χ1v) is 9.70. The summed E-state index contributed by atoms with van der Waals surface area (Å²) in [4.78, 5) is 25.1. The number of carbonyl (C=O) groups is 2. The number of nitrogens with one attached hydrogen (secondary N) is 2. The first kappa shape index (κ1) is 20.5. The number of carbonyl (C=O) groups excluding carboxylic acids is 2. The minimum Gasteiger partial charge on any atom is -0.490 e. The van der Waals surface area contributed by atoms with Gasteiger partial charge in [-0.15, -0.1) is 0 Å². The summed E-state index contributed by atoms with van der Waals surface area (Å²) < 4.78 is 16.7. The van der Waals surface area contributed by atoms with E-state index in [1.807, 2.05) is 52.0 Å². The monoisotopic (exact) mass is 398 g/mol. The van der Waals surface area contributed by atoms with E-state index < -0.39 is 11.9 Å². The van der Waals surface area contributed by atoms with Crippen molar-refractivity contribution in [2.45, 2.75) is 39.8 Å². The van der Waals surface area contributed by atoms with Gasteiger partial charge in [-0.05, 0) is 44.0 Å². The van der Waals surface area contributed by atoms with Crippen LogP contribution in [0.1, 0.15) is 50.1 Å². The van der Waals surface area contributed by atoms with Crippen LogP contribution in [-0.4, -0.2) is 24.5 Å². The standard InChI is InChI=1S/C22H26N2O5/c1-5-27-16-9-6-8-15-12-18(29-20(15)16)14(4)23-22(26)19(13(2)3)24-21(25)17-10-7-11-28-17/h6-14,19H,5H2,1-4H3,(H,23,26)(H,24,25)/t14?,19-/m0/s1. The second-order valence-electron chi connectivity index (χ2n) is 7.16. The van der Waals surface area contributed by atoms with Gasteiger partial charge in [0.25, 0.3) is 5.91 Å². The summed E-state index contributed by atoms with van der Waals surface area (Å²) >= 11 is 0. The quantitative estimate of drug-likeness (QED) is 0.597. The van der Waals surface area contributed by atoms with Gasteiger partial charge in [-0.1, -0.05) is 26.0 Å². The van der Waals surface area contributed by atoms with Crippen molar-refractivity contribution in [3.05, 3.63) is 54.2 Å². The van der Waals surface area contributed by atoms with E-state index in [9.17, 15) is 9.59 Å². The molecule has 29 heavy (non-hydrogen) atoms. The number of para-hydroxylation sites is 1. The third-order valence-corrected chi connectivity index (χ3v) is 4.59. The van der Waals surface area contributed by atoms with Gasteiger partial charge in [0.2, 0.25) is 5.91 Å². The Morgan fingerprint density at radius 2 is 1.90 bits per heavy atom. The molecule has 3 aromatic rings. The van der Waals surface area contributed by atoms with Crippen molar-refractivity contribution in [1.82, 2.24) is 10.6 Å². The highest BCUT2D eigenvalue weighted by atomic mass is 16.5. The van der Waals surface area contributed by atoms with E-state index in [0.29, 0.717) is 23.7 Å². The molecule has 7 heteroatoms. The molecule has 3 rings (SSSR count). The molecule has 0 radical (unpaired) electrons. The molecule has 0 aliphatic heterocycles. The number of amides is 2. The van der Waals surface area contributed by atoms with Gasteiger partial charge in [0, 0.05) is 5.39 Å². The Hall–Kier alpha value is -3.22. The summed E-state index contributed by atoms with van der Waals surface area (Å²) in [5.41, 5.74) is 0.650. The molecule has 2 N–H and O–H groups in total. The fraction of sp³-hybridized carbons (Fsp3) is 0.364. The van der Waals surface area contributed by atoms with Crippen LogP contribution in [0.2, 0.25) is 0 Å². The fourth-order valence-corrected chi connectivity index (χ4v) is 3.07. The minimum atomic E-state index is -0.710. The third-order valence-electron chi connectivity index (χ3n) is 4.59. The molecule has 0 saturated heterocycles. The van der Waals surface area contributed by atoms with E-state index >= 15 is 0 Å². The van der Waals surface area contributed by atoms with E-state index in [4.69, 9.17) is 13.6 Å². The maximum atomic E-state index is 12.8. The topological polar surface area (TPSA) is 93.7 Å². The number of rotatable bonds is 8. The molecule has 1 unspecified atom stereocenters. The van der Waals surface area contributed by atoms with Gasteiger partial charge in [0.1, 0.15) is 11.8 Å². The second kappa shape index (κ2) is 8.86. The van der Waals surface area contributed by atoms with Gasteiger partial charge in [0.05, 0.1) is 18.9 Å². The first-order chi connectivity index (χ1) is 13.9. The maximum Gasteiger partial charge on any atom is 0.287 e. The van der Waals surface area contributed by atoms with E-state index in [-0.39, 0.29) is 23.6 Å². The van der Waals surface area contributed by atoms with Crippen molar-refractivity contribution >= 4 is 22.8 Å². The first-order valence-electron chi connectivity index (χ1n) is 9.70. The molecular weight excluding hydrogens is 372 g/mol. The van der Waals surface area contributed by atoms with Gasteiger partial charge >= 0.3 is 0 Å². The number of fused-ring (bicyclic) bond motifs is 1. The summed E-state index contributed by atoms with van der Waals surface area (Å²) in [7, 11) is 0. The zero-order valence-corrected chi connectivity index (χ0v) is 17.0. The lowest BCUT2D eigenvalue weighted by Gasteiger charge is -2.23. The summed E-state index contributed by atoms with van der Waals surface area (Å²) in [5.74, 6) is 0.610. The molecule has 2 amide bonds. The predicted octanol–water partition coefficient (Wildman–Crippen LogP) is 4.06. The number of furan rings is 2. The van der Waals surface area contributed by atoms with Crippen LogP contribution in [0.3, 0.4) is 0 Å². The zero-order chi connectivity index (χ0) is 21.0. The van der Waals surface area contributed by atoms with Crippen molar-refractivity contribution in [2.75, 3.05) is 6.61 Å². The highest BCUT2D eigenvalue weighted by Gasteiger charge is 2.27. The molecule has 2 atom stereocenters. The van der Waals surface area contributed by atoms with Gasteiger partial charge in [-0.25, -0.2) is 0 Å². The molecule has 0 aliphatic carbocycles. The summed E-state index contributed by atoms with van der Waals surface area (Å²) in [6, 6.07) is 9.64. The second-order valence-corrected chi connectivity index (χ2v) is 7.16. The Balaban J connectivity index is 1.73. The van der Waals surface area contributed by atoms with E-state index in [1.54, 1.807) is 12.1 Å². The maximum absolute atomic E-state index is 12.8. The van der Waals surface area contributed by atoms with E-state index in [1.165, 1.54) is 6.26 Å². The van der Waals surface area contributed by atoms with E-state index in [2.05, 4.69) is 10.6 Å². The third kappa shape index (κ3) is 4.62. The molecule has 0 aliphatic rings. The van der Waals surface area contributed by atoms with Crippen LogP contribution in [0, 0.1) is 5.92 Å². The molecule has 0 fully saturated rings. The molecule has 0 bridgehead atoms. The van der Waals surface area contributed by atoms with Crippen molar-refractivity contribution < 1.29 is 23.2 Å². The zero-order valence-electron chi connectivity index (χ0n) is 17.0. The molecular formula is C22H26N2O5. The molecule has 154 valence electrons. The molecule has 0 spiro atoms. The lowest BCUT2D eigenvalue weighted by molar-refractivity contribution is -0.124. The molecule has 0 saturated carbocycles. The Kier molecular flexibility index (Phi) is 6.26. The number of hydrogen-bond acceptors (Lipinski definition) is 5.